The maximum Gasteiger partial charge on any atom is 0.318 e. The quantitative estimate of drug-likeness (QED) is 0.0213. The van der Waals surface area contributed by atoms with Gasteiger partial charge in [-0.05, 0) is 47.1 Å². The van der Waals surface area contributed by atoms with Crippen LogP contribution in [-0.2, 0) is 64.4 Å². The lowest BCUT2D eigenvalue weighted by atomic mass is 9.76. The summed E-state index contributed by atoms with van der Waals surface area (Å²) in [6, 6.07) is 38.0. The van der Waals surface area contributed by atoms with Crippen LogP contribution in [0.2, 0.25) is 0 Å². The minimum Gasteiger partial charge on any atom is -0.457 e. The first-order chi connectivity index (χ1) is 31.1. The van der Waals surface area contributed by atoms with Crippen molar-refractivity contribution >= 4 is 11.9 Å². The number of rotatable bonds is 18. The molecular weight excluding hydrogens is 840 g/mol. The second-order valence-corrected chi connectivity index (χ2v) is 15.6. The van der Waals surface area contributed by atoms with E-state index in [0.717, 1.165) is 29.2 Å². The van der Waals surface area contributed by atoms with Crippen LogP contribution in [0.4, 0.5) is 22.0 Å². The van der Waals surface area contributed by atoms with Gasteiger partial charge in [0.25, 0.3) is 0 Å². The van der Waals surface area contributed by atoms with Gasteiger partial charge in [0.15, 0.2) is 0 Å². The second-order valence-electron chi connectivity index (χ2n) is 15.6. The number of halogens is 5. The molecule has 0 spiro atoms. The van der Waals surface area contributed by atoms with Crippen molar-refractivity contribution in [2.24, 2.45) is 11.8 Å². The van der Waals surface area contributed by atoms with Crippen LogP contribution in [0.3, 0.4) is 0 Å². The summed E-state index contributed by atoms with van der Waals surface area (Å²) in [5, 5.41) is 0. The number of benzene rings is 5. The van der Waals surface area contributed by atoms with Gasteiger partial charge in [-0.3, -0.25) is 9.59 Å². The summed E-state index contributed by atoms with van der Waals surface area (Å²) in [6.07, 6.45) is -2.49. The van der Waals surface area contributed by atoms with Crippen LogP contribution in [0.1, 0.15) is 42.0 Å². The zero-order chi connectivity index (χ0) is 45.0. The smallest absolute Gasteiger partial charge is 0.318 e. The van der Waals surface area contributed by atoms with Crippen molar-refractivity contribution in [3.8, 4) is 5.75 Å². The summed E-state index contributed by atoms with van der Waals surface area (Å²) in [7, 11) is 0. The third-order valence-corrected chi connectivity index (χ3v) is 11.1. The SMILES string of the molecule is CC(=O)O[C@H]1C=CC[C@H](C[C@H]2O[C@H](COCc3ccccc3)[C@@H](OCc3ccccc3)[C@H](OCc3ccccc3)[C@H]2OCc2ccccc2)C1C(=O)Oc1c(F)c(F)c(F)c(F)c1F. The summed E-state index contributed by atoms with van der Waals surface area (Å²) in [4.78, 5) is 26.5. The zero-order valence-corrected chi connectivity index (χ0v) is 34.8. The number of ether oxygens (including phenoxy) is 7. The van der Waals surface area contributed by atoms with Crippen molar-refractivity contribution in [3.63, 3.8) is 0 Å². The molecule has 1 heterocycles. The molecule has 2 aliphatic rings. The van der Waals surface area contributed by atoms with E-state index in [0.29, 0.717) is 0 Å². The number of carbonyl (C=O) groups excluding carboxylic acids is 2. The van der Waals surface area contributed by atoms with Crippen LogP contribution in [0.25, 0.3) is 0 Å². The third kappa shape index (κ3) is 11.7. The maximum absolute atomic E-state index is 14.9. The van der Waals surface area contributed by atoms with Crippen molar-refractivity contribution in [2.45, 2.75) is 82.8 Å². The number of carbonyl (C=O) groups is 2. The molecule has 64 heavy (non-hydrogen) atoms. The average molecular weight is 887 g/mol. The first-order valence-corrected chi connectivity index (χ1v) is 20.9. The first-order valence-electron chi connectivity index (χ1n) is 20.9. The van der Waals surface area contributed by atoms with Gasteiger partial charge in [-0.2, -0.15) is 8.78 Å². The molecule has 0 N–H and O–H groups in total. The Morgan fingerprint density at radius 2 is 1.02 bits per heavy atom. The number of hydrogen-bond donors (Lipinski definition) is 0. The van der Waals surface area contributed by atoms with Crippen LogP contribution < -0.4 is 4.74 Å². The van der Waals surface area contributed by atoms with E-state index < -0.39 is 95.2 Å². The predicted molar refractivity (Wildman–Crippen MR) is 223 cm³/mol. The topological polar surface area (TPSA) is 98.8 Å². The molecule has 5 aromatic carbocycles. The minimum absolute atomic E-state index is 0.0216. The Bertz CT molecular complexity index is 2290. The molecule has 0 radical (unpaired) electrons. The summed E-state index contributed by atoms with van der Waals surface area (Å²) in [5.41, 5.74) is 3.50. The van der Waals surface area contributed by atoms with Gasteiger partial charge in [0, 0.05) is 6.92 Å². The van der Waals surface area contributed by atoms with E-state index in [1.54, 1.807) is 6.08 Å². The zero-order valence-electron chi connectivity index (χ0n) is 34.8. The van der Waals surface area contributed by atoms with Crippen LogP contribution in [0.15, 0.2) is 133 Å². The van der Waals surface area contributed by atoms with E-state index >= 15 is 0 Å². The number of allylic oxidation sites excluding steroid dienone is 1. The molecule has 7 rings (SSSR count). The molecule has 14 heteroatoms. The van der Waals surface area contributed by atoms with Crippen LogP contribution >= 0.6 is 0 Å². The molecule has 1 aliphatic heterocycles. The molecule has 0 amide bonds. The van der Waals surface area contributed by atoms with Crippen LogP contribution in [-0.4, -0.2) is 55.2 Å². The Hall–Kier alpha value is -5.77. The molecule has 8 atom stereocenters. The summed E-state index contributed by atoms with van der Waals surface area (Å²) >= 11 is 0. The van der Waals surface area contributed by atoms with Gasteiger partial charge in [-0.15, -0.1) is 0 Å². The van der Waals surface area contributed by atoms with Crippen LogP contribution in [0.5, 0.6) is 5.75 Å². The van der Waals surface area contributed by atoms with Gasteiger partial charge in [0.05, 0.1) is 39.1 Å². The van der Waals surface area contributed by atoms with Gasteiger partial charge < -0.3 is 33.2 Å². The lowest BCUT2D eigenvalue weighted by Gasteiger charge is -2.47. The van der Waals surface area contributed by atoms with E-state index in [1.807, 2.05) is 121 Å². The molecule has 1 aliphatic carbocycles. The Labute approximate surface area is 367 Å². The van der Waals surface area contributed by atoms with Crippen molar-refractivity contribution < 1.29 is 64.7 Å². The van der Waals surface area contributed by atoms with E-state index in [4.69, 9.17) is 33.2 Å². The minimum atomic E-state index is -2.42. The second kappa shape index (κ2) is 22.2. The van der Waals surface area contributed by atoms with Crippen molar-refractivity contribution in [1.29, 1.82) is 0 Å². The van der Waals surface area contributed by atoms with E-state index in [2.05, 4.69) is 0 Å². The van der Waals surface area contributed by atoms with E-state index in [1.165, 1.54) is 6.08 Å². The molecule has 5 aromatic rings. The fourth-order valence-electron chi connectivity index (χ4n) is 8.01. The molecule has 1 unspecified atom stereocenters. The predicted octanol–water partition coefficient (Wildman–Crippen LogP) is 9.54. The molecule has 0 saturated carbocycles. The summed E-state index contributed by atoms with van der Waals surface area (Å²) < 4.78 is 116. The monoisotopic (exact) mass is 886 g/mol. The molecule has 0 bridgehead atoms. The van der Waals surface area contributed by atoms with E-state index in [9.17, 15) is 31.5 Å². The Morgan fingerprint density at radius 1 is 0.578 bits per heavy atom. The van der Waals surface area contributed by atoms with Gasteiger partial charge in [0.1, 0.15) is 36.4 Å². The van der Waals surface area contributed by atoms with Crippen molar-refractivity contribution in [3.05, 3.63) is 185 Å². The van der Waals surface area contributed by atoms with Crippen LogP contribution in [0, 0.1) is 40.9 Å². The largest absolute Gasteiger partial charge is 0.457 e. The molecule has 9 nitrogen and oxygen atoms in total. The number of esters is 2. The average Bonchev–Trinajstić information content (AvgIpc) is 3.31. The Kier molecular flexibility index (Phi) is 16.1. The lowest BCUT2D eigenvalue weighted by Crippen LogP contribution is -2.61. The standard InChI is InChI=1S/C50H47F5O9/c1-31(56)62-37-24-14-23-36(40(37)50(57)64-48-44(54)42(52)41(51)43(53)45(48)55)25-38-46(59-27-33-17-8-3-9-18-33)49(61-29-35-21-12-5-13-22-35)47(60-28-34-19-10-4-11-20-34)39(63-38)30-58-26-32-15-6-2-7-16-32/h2-22,24,36-40,46-47,49H,23,25-30H2,1H3/t36-,37+,38-,39-,40?,46+,47-,49-/m1/s1. The molecule has 1 fully saturated rings. The molecular formula is C50H47F5O9. The highest BCUT2D eigenvalue weighted by Crippen LogP contribution is 2.40. The summed E-state index contributed by atoms with van der Waals surface area (Å²) in [5.74, 6) is -18.0. The molecule has 0 aromatic heterocycles. The van der Waals surface area contributed by atoms with Gasteiger partial charge in [-0.1, -0.05) is 127 Å². The third-order valence-electron chi connectivity index (χ3n) is 11.1. The maximum atomic E-state index is 14.9. The van der Waals surface area contributed by atoms with E-state index in [-0.39, 0.29) is 45.9 Å². The highest BCUT2D eigenvalue weighted by molar-refractivity contribution is 5.78. The fraction of sp³-hybridized carbons (Fsp3) is 0.320. The van der Waals surface area contributed by atoms with Gasteiger partial charge in [0.2, 0.25) is 34.8 Å². The molecule has 1 saturated heterocycles. The summed E-state index contributed by atoms with van der Waals surface area (Å²) in [6.45, 7) is 1.78. The van der Waals surface area contributed by atoms with Crippen molar-refractivity contribution in [2.75, 3.05) is 6.61 Å². The normalized spacial score (nSPS) is 23.1. The fourth-order valence-corrected chi connectivity index (χ4v) is 8.01. The highest BCUT2D eigenvalue weighted by atomic mass is 19.2. The first kappa shape index (κ1) is 46.2. The Balaban J connectivity index is 1.26. The molecule has 336 valence electrons. The van der Waals surface area contributed by atoms with Crippen molar-refractivity contribution in [1.82, 2.24) is 0 Å². The Morgan fingerprint density at radius 3 is 1.50 bits per heavy atom. The van der Waals surface area contributed by atoms with Gasteiger partial charge >= 0.3 is 11.9 Å². The van der Waals surface area contributed by atoms with Gasteiger partial charge in [-0.25, -0.2) is 13.2 Å². The lowest BCUT2D eigenvalue weighted by molar-refractivity contribution is -0.275. The highest BCUT2D eigenvalue weighted by Gasteiger charge is 2.51. The number of hydrogen-bond acceptors (Lipinski definition) is 9.